The highest BCUT2D eigenvalue weighted by molar-refractivity contribution is 5.08. The van der Waals surface area contributed by atoms with E-state index in [4.69, 9.17) is 5.73 Å². The zero-order valence-electron chi connectivity index (χ0n) is 7.76. The lowest BCUT2D eigenvalue weighted by Gasteiger charge is -2.20. The van der Waals surface area contributed by atoms with Crippen LogP contribution in [0.2, 0.25) is 0 Å². The lowest BCUT2D eigenvalue weighted by Crippen LogP contribution is -2.23. The molecule has 2 aliphatic rings. The average molecular weight is 165 g/mol. The molecule has 0 aromatic carbocycles. The van der Waals surface area contributed by atoms with Gasteiger partial charge in [0.1, 0.15) is 0 Å². The van der Waals surface area contributed by atoms with Crippen LogP contribution < -0.4 is 5.73 Å². The molecule has 0 aromatic rings. The highest BCUT2D eigenvalue weighted by Gasteiger charge is 2.20. The summed E-state index contributed by atoms with van der Waals surface area (Å²) in [6, 6.07) is 0.462. The van der Waals surface area contributed by atoms with Gasteiger partial charge in [-0.3, -0.25) is 0 Å². The van der Waals surface area contributed by atoms with E-state index >= 15 is 0 Å². The van der Waals surface area contributed by atoms with Gasteiger partial charge in [0.2, 0.25) is 0 Å². The SMILES string of the molecule is NC1CCCC(=CCC2CC2)C1. The lowest BCUT2D eigenvalue weighted by molar-refractivity contribution is 0.515. The van der Waals surface area contributed by atoms with E-state index in [1.54, 1.807) is 5.57 Å². The molecule has 68 valence electrons. The molecule has 0 heterocycles. The predicted octanol–water partition coefficient (Wildman–Crippen LogP) is 2.61. The van der Waals surface area contributed by atoms with Crippen molar-refractivity contribution in [2.45, 2.75) is 51.0 Å². The van der Waals surface area contributed by atoms with Crippen molar-refractivity contribution in [1.29, 1.82) is 0 Å². The Kier molecular flexibility index (Phi) is 2.50. The third-order valence-corrected chi connectivity index (χ3v) is 3.03. The van der Waals surface area contributed by atoms with Gasteiger partial charge in [0, 0.05) is 6.04 Å². The van der Waals surface area contributed by atoms with E-state index in [2.05, 4.69) is 6.08 Å². The molecule has 0 aromatic heterocycles. The number of allylic oxidation sites excluding steroid dienone is 1. The van der Waals surface area contributed by atoms with Gasteiger partial charge in [0.25, 0.3) is 0 Å². The van der Waals surface area contributed by atoms with Crippen LogP contribution >= 0.6 is 0 Å². The van der Waals surface area contributed by atoms with Crippen LogP contribution in [0.5, 0.6) is 0 Å². The number of hydrogen-bond donors (Lipinski definition) is 1. The third kappa shape index (κ3) is 2.34. The molecule has 0 amide bonds. The number of hydrogen-bond acceptors (Lipinski definition) is 1. The minimum absolute atomic E-state index is 0.462. The lowest BCUT2D eigenvalue weighted by atomic mass is 9.90. The van der Waals surface area contributed by atoms with Crippen molar-refractivity contribution in [3.63, 3.8) is 0 Å². The molecule has 0 bridgehead atoms. The first-order valence-electron chi connectivity index (χ1n) is 5.28. The van der Waals surface area contributed by atoms with E-state index < -0.39 is 0 Å². The molecule has 0 radical (unpaired) electrons. The van der Waals surface area contributed by atoms with Crippen molar-refractivity contribution < 1.29 is 0 Å². The van der Waals surface area contributed by atoms with Crippen molar-refractivity contribution in [3.05, 3.63) is 11.6 Å². The van der Waals surface area contributed by atoms with E-state index in [-0.39, 0.29) is 0 Å². The van der Waals surface area contributed by atoms with Crippen LogP contribution in [0, 0.1) is 5.92 Å². The largest absolute Gasteiger partial charge is 0.327 e. The maximum atomic E-state index is 5.91. The Morgan fingerprint density at radius 3 is 2.83 bits per heavy atom. The summed E-state index contributed by atoms with van der Waals surface area (Å²) in [6.07, 6.45) is 11.8. The van der Waals surface area contributed by atoms with E-state index in [1.807, 2.05) is 0 Å². The molecule has 1 heteroatoms. The second kappa shape index (κ2) is 3.61. The molecule has 1 nitrogen and oxygen atoms in total. The van der Waals surface area contributed by atoms with Gasteiger partial charge in [0.15, 0.2) is 0 Å². The van der Waals surface area contributed by atoms with Gasteiger partial charge in [0.05, 0.1) is 0 Å². The smallest absolute Gasteiger partial charge is 0.00761 e. The molecule has 2 aliphatic carbocycles. The van der Waals surface area contributed by atoms with Crippen molar-refractivity contribution in [3.8, 4) is 0 Å². The zero-order valence-corrected chi connectivity index (χ0v) is 7.76. The monoisotopic (exact) mass is 165 g/mol. The van der Waals surface area contributed by atoms with Crippen LogP contribution in [-0.4, -0.2) is 6.04 Å². The van der Waals surface area contributed by atoms with Crippen molar-refractivity contribution in [2.24, 2.45) is 11.7 Å². The minimum atomic E-state index is 0.462. The Balaban J connectivity index is 1.79. The van der Waals surface area contributed by atoms with E-state index in [9.17, 15) is 0 Å². The average Bonchev–Trinajstić information content (AvgIpc) is 2.84. The molecule has 0 saturated heterocycles. The molecular weight excluding hydrogens is 146 g/mol. The van der Waals surface area contributed by atoms with E-state index in [0.29, 0.717) is 6.04 Å². The van der Waals surface area contributed by atoms with Gasteiger partial charge in [-0.1, -0.05) is 11.6 Å². The van der Waals surface area contributed by atoms with Crippen LogP contribution in [0.4, 0.5) is 0 Å². The Morgan fingerprint density at radius 1 is 1.33 bits per heavy atom. The summed E-state index contributed by atoms with van der Waals surface area (Å²) in [4.78, 5) is 0. The maximum Gasteiger partial charge on any atom is 0.00761 e. The minimum Gasteiger partial charge on any atom is -0.327 e. The maximum absolute atomic E-state index is 5.91. The molecule has 2 rings (SSSR count). The Hall–Kier alpha value is -0.300. The first-order valence-corrected chi connectivity index (χ1v) is 5.28. The fourth-order valence-corrected chi connectivity index (χ4v) is 2.00. The quantitative estimate of drug-likeness (QED) is 0.625. The Morgan fingerprint density at radius 2 is 2.17 bits per heavy atom. The molecule has 2 N–H and O–H groups in total. The van der Waals surface area contributed by atoms with Crippen molar-refractivity contribution in [2.75, 3.05) is 0 Å². The van der Waals surface area contributed by atoms with Crippen LogP contribution in [0.3, 0.4) is 0 Å². The Labute approximate surface area is 75.0 Å². The first-order chi connectivity index (χ1) is 5.84. The zero-order chi connectivity index (χ0) is 8.39. The van der Waals surface area contributed by atoms with Crippen LogP contribution in [0.25, 0.3) is 0 Å². The van der Waals surface area contributed by atoms with Crippen molar-refractivity contribution >= 4 is 0 Å². The number of rotatable bonds is 2. The molecule has 2 fully saturated rings. The van der Waals surface area contributed by atoms with Gasteiger partial charge >= 0.3 is 0 Å². The molecule has 1 unspecified atom stereocenters. The summed E-state index contributed by atoms with van der Waals surface area (Å²) in [6.45, 7) is 0. The standard InChI is InChI=1S/C11H19N/c12-11-3-1-2-10(8-11)7-6-9-4-5-9/h7,9,11H,1-6,8,12H2. The van der Waals surface area contributed by atoms with Gasteiger partial charge in [-0.2, -0.15) is 0 Å². The molecule has 0 spiro atoms. The van der Waals surface area contributed by atoms with Crippen LogP contribution in [0.15, 0.2) is 11.6 Å². The summed E-state index contributed by atoms with van der Waals surface area (Å²) >= 11 is 0. The third-order valence-electron chi connectivity index (χ3n) is 3.03. The summed E-state index contributed by atoms with van der Waals surface area (Å²) in [7, 11) is 0. The topological polar surface area (TPSA) is 26.0 Å². The predicted molar refractivity (Wildman–Crippen MR) is 51.9 cm³/mol. The highest BCUT2D eigenvalue weighted by Crippen LogP contribution is 2.34. The van der Waals surface area contributed by atoms with Crippen molar-refractivity contribution in [1.82, 2.24) is 0 Å². The number of nitrogens with two attached hydrogens (primary N) is 1. The summed E-state index contributed by atoms with van der Waals surface area (Å²) < 4.78 is 0. The van der Waals surface area contributed by atoms with Crippen LogP contribution in [-0.2, 0) is 0 Å². The molecule has 2 saturated carbocycles. The normalized spacial score (nSPS) is 34.1. The Bertz CT molecular complexity index is 179. The summed E-state index contributed by atoms with van der Waals surface area (Å²) in [5, 5.41) is 0. The van der Waals surface area contributed by atoms with E-state index in [1.165, 1.54) is 44.9 Å². The molecule has 0 aliphatic heterocycles. The fraction of sp³-hybridized carbons (Fsp3) is 0.818. The summed E-state index contributed by atoms with van der Waals surface area (Å²) in [5.41, 5.74) is 7.55. The van der Waals surface area contributed by atoms with Gasteiger partial charge in [-0.15, -0.1) is 0 Å². The fourth-order valence-electron chi connectivity index (χ4n) is 2.00. The van der Waals surface area contributed by atoms with Gasteiger partial charge in [-0.25, -0.2) is 0 Å². The highest BCUT2D eigenvalue weighted by atomic mass is 14.6. The van der Waals surface area contributed by atoms with E-state index in [0.717, 1.165) is 5.92 Å². The first kappa shape index (κ1) is 8.31. The van der Waals surface area contributed by atoms with Crippen LogP contribution in [0.1, 0.15) is 44.9 Å². The van der Waals surface area contributed by atoms with Gasteiger partial charge < -0.3 is 5.73 Å². The second-order valence-corrected chi connectivity index (χ2v) is 4.40. The molecular formula is C11H19N. The van der Waals surface area contributed by atoms with Gasteiger partial charge in [-0.05, 0) is 50.9 Å². The molecule has 12 heavy (non-hydrogen) atoms. The summed E-state index contributed by atoms with van der Waals surface area (Å²) in [5.74, 6) is 1.04. The molecule has 1 atom stereocenters. The second-order valence-electron chi connectivity index (χ2n) is 4.40.